The van der Waals surface area contributed by atoms with Crippen LogP contribution in [0.25, 0.3) is 11.4 Å². The second-order valence-corrected chi connectivity index (χ2v) is 6.64. The van der Waals surface area contributed by atoms with E-state index in [2.05, 4.69) is 30.9 Å². The normalized spacial score (nSPS) is 16.6. The highest BCUT2D eigenvalue weighted by Gasteiger charge is 2.16. The van der Waals surface area contributed by atoms with Crippen LogP contribution in [0, 0.1) is 11.6 Å². The molecule has 1 unspecified atom stereocenters. The summed E-state index contributed by atoms with van der Waals surface area (Å²) in [5, 5.41) is 9.64. The lowest BCUT2D eigenvalue weighted by atomic mass is 10.1. The van der Waals surface area contributed by atoms with Gasteiger partial charge in [-0.15, -0.1) is 0 Å². The minimum absolute atomic E-state index is 0.193. The third-order valence-electron chi connectivity index (χ3n) is 4.43. The molecule has 1 aliphatic heterocycles. The summed E-state index contributed by atoms with van der Waals surface area (Å²) in [7, 11) is 0. The van der Waals surface area contributed by atoms with Crippen molar-refractivity contribution in [3.05, 3.63) is 60.2 Å². The Kier molecular flexibility index (Phi) is 5.38. The highest BCUT2D eigenvalue weighted by atomic mass is 19.1. The van der Waals surface area contributed by atoms with E-state index in [1.807, 2.05) is 0 Å². The van der Waals surface area contributed by atoms with Crippen molar-refractivity contribution in [2.24, 2.45) is 0 Å². The lowest BCUT2D eigenvalue weighted by Crippen LogP contribution is -2.38. The van der Waals surface area contributed by atoms with Gasteiger partial charge < -0.3 is 16.0 Å². The van der Waals surface area contributed by atoms with Gasteiger partial charge in [0, 0.05) is 23.8 Å². The molecule has 4 rings (SSSR count). The van der Waals surface area contributed by atoms with Crippen molar-refractivity contribution in [3.63, 3.8) is 0 Å². The SMILES string of the molecule is Fc1cccc(Nc2nc(NC3CCCNC3)nc(-c3cccc(F)c3)n2)c1. The summed E-state index contributed by atoms with van der Waals surface area (Å²) < 4.78 is 27.2. The minimum atomic E-state index is -0.372. The molecule has 1 saturated heterocycles. The predicted octanol–water partition coefficient (Wildman–Crippen LogP) is 3.72. The van der Waals surface area contributed by atoms with Crippen LogP contribution < -0.4 is 16.0 Å². The number of hydrogen-bond acceptors (Lipinski definition) is 6. The minimum Gasteiger partial charge on any atom is -0.350 e. The number of anilines is 3. The Bertz CT molecular complexity index is 959. The Morgan fingerprint density at radius 1 is 0.929 bits per heavy atom. The second-order valence-electron chi connectivity index (χ2n) is 6.64. The zero-order valence-electron chi connectivity index (χ0n) is 15.1. The molecule has 2 heterocycles. The molecule has 144 valence electrons. The zero-order chi connectivity index (χ0) is 19.3. The molecule has 1 fully saturated rings. The van der Waals surface area contributed by atoms with E-state index in [0.717, 1.165) is 25.9 Å². The number of piperidine rings is 1. The summed E-state index contributed by atoms with van der Waals surface area (Å²) in [4.78, 5) is 13.3. The van der Waals surface area contributed by atoms with Crippen molar-refractivity contribution in [2.45, 2.75) is 18.9 Å². The molecule has 3 aromatic rings. The van der Waals surface area contributed by atoms with E-state index in [4.69, 9.17) is 0 Å². The molecule has 2 aromatic carbocycles. The van der Waals surface area contributed by atoms with Crippen LogP contribution >= 0.6 is 0 Å². The molecule has 6 nitrogen and oxygen atoms in total. The first-order valence-corrected chi connectivity index (χ1v) is 9.17. The lowest BCUT2D eigenvalue weighted by molar-refractivity contribution is 0.478. The first-order valence-electron chi connectivity index (χ1n) is 9.17. The molecule has 0 bridgehead atoms. The van der Waals surface area contributed by atoms with Crippen molar-refractivity contribution in [2.75, 3.05) is 23.7 Å². The van der Waals surface area contributed by atoms with E-state index in [0.29, 0.717) is 23.0 Å². The summed E-state index contributed by atoms with van der Waals surface area (Å²) in [5.41, 5.74) is 1.05. The summed E-state index contributed by atoms with van der Waals surface area (Å²) in [5.74, 6) is 0.243. The van der Waals surface area contributed by atoms with Crippen molar-refractivity contribution in [1.29, 1.82) is 0 Å². The van der Waals surface area contributed by atoms with Crippen LogP contribution in [0.3, 0.4) is 0 Å². The third kappa shape index (κ3) is 4.58. The number of halogens is 2. The van der Waals surface area contributed by atoms with Crippen molar-refractivity contribution in [1.82, 2.24) is 20.3 Å². The fourth-order valence-corrected chi connectivity index (χ4v) is 3.11. The predicted molar refractivity (Wildman–Crippen MR) is 104 cm³/mol. The Hall–Kier alpha value is -3.13. The first-order chi connectivity index (χ1) is 13.7. The maximum absolute atomic E-state index is 13.7. The van der Waals surface area contributed by atoms with E-state index < -0.39 is 0 Å². The number of aromatic nitrogens is 3. The topological polar surface area (TPSA) is 74.8 Å². The number of rotatable bonds is 5. The van der Waals surface area contributed by atoms with Gasteiger partial charge in [-0.2, -0.15) is 15.0 Å². The largest absolute Gasteiger partial charge is 0.350 e. The van der Waals surface area contributed by atoms with Crippen LogP contribution in [-0.4, -0.2) is 34.1 Å². The van der Waals surface area contributed by atoms with Gasteiger partial charge in [0.25, 0.3) is 0 Å². The quantitative estimate of drug-likeness (QED) is 0.625. The Balaban J connectivity index is 1.67. The molecule has 0 saturated carbocycles. The molecule has 0 radical (unpaired) electrons. The van der Waals surface area contributed by atoms with Crippen LogP contribution in [-0.2, 0) is 0 Å². The van der Waals surface area contributed by atoms with Gasteiger partial charge in [-0.3, -0.25) is 0 Å². The first kappa shape index (κ1) is 18.2. The Labute approximate surface area is 161 Å². The molecular formula is C20H20F2N6. The molecule has 28 heavy (non-hydrogen) atoms. The molecule has 0 amide bonds. The number of hydrogen-bond donors (Lipinski definition) is 3. The molecular weight excluding hydrogens is 362 g/mol. The van der Waals surface area contributed by atoms with Crippen molar-refractivity contribution in [3.8, 4) is 11.4 Å². The van der Waals surface area contributed by atoms with Crippen molar-refractivity contribution >= 4 is 17.6 Å². The van der Waals surface area contributed by atoms with Gasteiger partial charge in [-0.1, -0.05) is 18.2 Å². The molecule has 3 N–H and O–H groups in total. The second kappa shape index (κ2) is 8.26. The van der Waals surface area contributed by atoms with E-state index in [-0.39, 0.29) is 23.6 Å². The summed E-state index contributed by atoms with van der Waals surface area (Å²) in [6.45, 7) is 1.81. The van der Waals surface area contributed by atoms with Crippen molar-refractivity contribution < 1.29 is 8.78 Å². The van der Waals surface area contributed by atoms with E-state index >= 15 is 0 Å². The number of nitrogens with zero attached hydrogens (tertiary/aromatic N) is 3. The third-order valence-corrected chi connectivity index (χ3v) is 4.43. The molecule has 0 spiro atoms. The number of benzene rings is 2. The van der Waals surface area contributed by atoms with Gasteiger partial charge in [-0.25, -0.2) is 8.78 Å². The van der Waals surface area contributed by atoms with Crippen LogP contribution in [0.2, 0.25) is 0 Å². The lowest BCUT2D eigenvalue weighted by Gasteiger charge is -2.24. The fraction of sp³-hybridized carbons (Fsp3) is 0.250. The van der Waals surface area contributed by atoms with E-state index in [1.54, 1.807) is 24.3 Å². The highest BCUT2D eigenvalue weighted by Crippen LogP contribution is 2.22. The van der Waals surface area contributed by atoms with E-state index in [1.165, 1.54) is 24.3 Å². The van der Waals surface area contributed by atoms with E-state index in [9.17, 15) is 8.78 Å². The van der Waals surface area contributed by atoms with Gasteiger partial charge in [-0.05, 0) is 49.7 Å². The average Bonchev–Trinajstić information content (AvgIpc) is 2.69. The van der Waals surface area contributed by atoms with Crippen LogP contribution in [0.5, 0.6) is 0 Å². The maximum atomic E-state index is 13.7. The van der Waals surface area contributed by atoms with Gasteiger partial charge in [0.2, 0.25) is 11.9 Å². The Morgan fingerprint density at radius 2 is 1.71 bits per heavy atom. The monoisotopic (exact) mass is 382 g/mol. The fourth-order valence-electron chi connectivity index (χ4n) is 3.11. The molecule has 1 atom stereocenters. The summed E-state index contributed by atoms with van der Waals surface area (Å²) in [6, 6.07) is 12.3. The summed E-state index contributed by atoms with van der Waals surface area (Å²) >= 11 is 0. The van der Waals surface area contributed by atoms with Gasteiger partial charge >= 0.3 is 0 Å². The molecule has 8 heteroatoms. The van der Waals surface area contributed by atoms with Crippen LogP contribution in [0.1, 0.15) is 12.8 Å². The average molecular weight is 382 g/mol. The van der Waals surface area contributed by atoms with Crippen LogP contribution in [0.15, 0.2) is 48.5 Å². The van der Waals surface area contributed by atoms with Crippen LogP contribution in [0.4, 0.5) is 26.4 Å². The van der Waals surface area contributed by atoms with Gasteiger partial charge in [0.15, 0.2) is 5.82 Å². The van der Waals surface area contributed by atoms with Gasteiger partial charge in [0.05, 0.1) is 0 Å². The molecule has 1 aromatic heterocycles. The molecule has 0 aliphatic carbocycles. The summed E-state index contributed by atoms with van der Waals surface area (Å²) in [6.07, 6.45) is 2.06. The smallest absolute Gasteiger partial charge is 0.232 e. The Morgan fingerprint density at radius 3 is 2.46 bits per heavy atom. The maximum Gasteiger partial charge on any atom is 0.232 e. The highest BCUT2D eigenvalue weighted by molar-refractivity contribution is 5.61. The standard InChI is InChI=1S/C20H20F2N6/c21-14-5-1-4-13(10-14)18-26-19(24-16-7-2-6-15(22)11-16)28-20(27-18)25-17-8-3-9-23-12-17/h1-2,4-7,10-11,17,23H,3,8-9,12H2,(H2,24,25,26,27,28). The zero-order valence-corrected chi connectivity index (χ0v) is 15.1. The number of nitrogens with one attached hydrogen (secondary N) is 3. The van der Waals surface area contributed by atoms with Gasteiger partial charge in [0.1, 0.15) is 11.6 Å². The molecule has 1 aliphatic rings.